The Kier molecular flexibility index (Phi) is 7.06. The summed E-state index contributed by atoms with van der Waals surface area (Å²) < 4.78 is 32.1. The molecule has 7 heteroatoms. The van der Waals surface area contributed by atoms with Crippen LogP contribution in [-0.2, 0) is 25.0 Å². The second kappa shape index (κ2) is 9.40. The summed E-state index contributed by atoms with van der Waals surface area (Å²) in [6.45, 7) is 7.11. The topological polar surface area (TPSA) is 75.7 Å². The molecule has 6 nitrogen and oxygen atoms in total. The highest BCUT2D eigenvalue weighted by molar-refractivity contribution is 7.92. The number of aryl methyl sites for hydroxylation is 2. The van der Waals surface area contributed by atoms with Crippen LogP contribution in [0.5, 0.6) is 0 Å². The molecule has 2 aromatic rings. The van der Waals surface area contributed by atoms with E-state index >= 15 is 0 Å². The molecule has 1 N–H and O–H groups in total. The first-order chi connectivity index (χ1) is 14.6. The van der Waals surface area contributed by atoms with Crippen molar-refractivity contribution in [2.24, 2.45) is 0 Å². The van der Waals surface area contributed by atoms with Crippen LogP contribution in [0, 0.1) is 13.8 Å². The predicted octanol–water partition coefficient (Wildman–Crippen LogP) is 3.32. The molecule has 1 aliphatic rings. The van der Waals surface area contributed by atoms with Crippen molar-refractivity contribution < 1.29 is 17.9 Å². The molecule has 3 rings (SSSR count). The Balaban J connectivity index is 1.84. The van der Waals surface area contributed by atoms with Gasteiger partial charge in [0, 0.05) is 25.2 Å². The van der Waals surface area contributed by atoms with E-state index in [9.17, 15) is 13.2 Å². The van der Waals surface area contributed by atoms with E-state index in [4.69, 9.17) is 4.74 Å². The first kappa shape index (κ1) is 23.3. The highest BCUT2D eigenvalue weighted by atomic mass is 32.2. The molecule has 1 aliphatic heterocycles. The van der Waals surface area contributed by atoms with Gasteiger partial charge in [-0.05, 0) is 56.4 Å². The molecule has 1 fully saturated rings. The molecular formula is C24H32N2O4S. The molecule has 1 saturated heterocycles. The molecule has 2 aromatic carbocycles. The van der Waals surface area contributed by atoms with Gasteiger partial charge in [0.05, 0.1) is 11.9 Å². The summed E-state index contributed by atoms with van der Waals surface area (Å²) in [5.41, 5.74) is 3.23. The number of nitrogens with one attached hydrogen (secondary N) is 1. The third-order valence-electron chi connectivity index (χ3n) is 6.13. The van der Waals surface area contributed by atoms with Gasteiger partial charge in [0.1, 0.15) is 6.04 Å². The summed E-state index contributed by atoms with van der Waals surface area (Å²) >= 11 is 0. The lowest BCUT2D eigenvalue weighted by Crippen LogP contribution is -2.52. The van der Waals surface area contributed by atoms with Crippen molar-refractivity contribution in [1.29, 1.82) is 0 Å². The molecular weight excluding hydrogens is 412 g/mol. The highest BCUT2D eigenvalue weighted by Crippen LogP contribution is 2.34. The Bertz CT molecular complexity index is 1020. The zero-order valence-electron chi connectivity index (χ0n) is 18.7. The Labute approximate surface area is 185 Å². The summed E-state index contributed by atoms with van der Waals surface area (Å²) in [6.07, 6.45) is 2.75. The van der Waals surface area contributed by atoms with Crippen LogP contribution in [-0.4, -0.2) is 46.4 Å². The third kappa shape index (κ3) is 5.28. The maximum Gasteiger partial charge on any atom is 0.243 e. The Morgan fingerprint density at radius 1 is 1.13 bits per heavy atom. The maximum absolute atomic E-state index is 13.2. The minimum absolute atomic E-state index is 0.218. The number of nitrogens with zero attached hydrogens (tertiary/aromatic N) is 1. The van der Waals surface area contributed by atoms with Gasteiger partial charge in [-0.15, -0.1) is 0 Å². The van der Waals surface area contributed by atoms with Gasteiger partial charge in [-0.1, -0.05) is 42.5 Å². The molecule has 0 unspecified atom stereocenters. The first-order valence-electron chi connectivity index (χ1n) is 10.6. The fourth-order valence-electron chi connectivity index (χ4n) is 4.26. The van der Waals surface area contributed by atoms with E-state index in [0.717, 1.165) is 30.2 Å². The van der Waals surface area contributed by atoms with Crippen LogP contribution in [0.15, 0.2) is 48.5 Å². The first-order valence-corrected chi connectivity index (χ1v) is 12.5. The zero-order chi connectivity index (χ0) is 22.6. The lowest BCUT2D eigenvalue weighted by molar-refractivity contribution is -0.122. The monoisotopic (exact) mass is 444 g/mol. The smallest absolute Gasteiger partial charge is 0.243 e. The van der Waals surface area contributed by atoms with Gasteiger partial charge in [-0.3, -0.25) is 9.10 Å². The fourth-order valence-corrected chi connectivity index (χ4v) is 5.49. The number of benzene rings is 2. The molecule has 31 heavy (non-hydrogen) atoms. The quantitative estimate of drug-likeness (QED) is 0.711. The van der Waals surface area contributed by atoms with Crippen molar-refractivity contribution in [1.82, 2.24) is 5.32 Å². The van der Waals surface area contributed by atoms with E-state index < -0.39 is 16.1 Å². The molecule has 1 heterocycles. The van der Waals surface area contributed by atoms with Crippen LogP contribution in [0.1, 0.15) is 36.5 Å². The number of carbonyl (C=O) groups is 1. The number of amides is 1. The summed E-state index contributed by atoms with van der Waals surface area (Å²) in [4.78, 5) is 13.2. The summed E-state index contributed by atoms with van der Waals surface area (Å²) in [5.74, 6) is -0.312. The second-order valence-electron chi connectivity index (χ2n) is 8.50. The van der Waals surface area contributed by atoms with Crippen LogP contribution >= 0.6 is 0 Å². The SMILES string of the molecule is Cc1ccc(C)c(N([C@H](C)C(=O)NCC2(c3ccccc3)CCOCC2)S(C)(=O)=O)c1. The summed E-state index contributed by atoms with van der Waals surface area (Å²) in [7, 11) is -3.66. The molecule has 1 atom stereocenters. The summed E-state index contributed by atoms with van der Waals surface area (Å²) in [6, 6.07) is 14.9. The number of sulfonamides is 1. The van der Waals surface area contributed by atoms with Crippen LogP contribution in [0.4, 0.5) is 5.69 Å². The lowest BCUT2D eigenvalue weighted by Gasteiger charge is -2.38. The number of hydrogen-bond acceptors (Lipinski definition) is 4. The van der Waals surface area contributed by atoms with Gasteiger partial charge >= 0.3 is 0 Å². The molecule has 1 amide bonds. The minimum Gasteiger partial charge on any atom is -0.381 e. The molecule has 0 spiro atoms. The van der Waals surface area contributed by atoms with E-state index in [1.807, 2.05) is 50.2 Å². The molecule has 0 bridgehead atoms. The summed E-state index contributed by atoms with van der Waals surface area (Å²) in [5, 5.41) is 3.05. The standard InChI is InChI=1S/C24H32N2O4S/c1-18-10-11-19(2)22(16-18)26(31(4,28)29)20(3)23(27)25-17-24(12-14-30-15-13-24)21-8-6-5-7-9-21/h5-11,16,20H,12-15,17H2,1-4H3,(H,25,27)/t20-/m1/s1. The average molecular weight is 445 g/mol. The van der Waals surface area contributed by atoms with Crippen molar-refractivity contribution in [2.45, 2.75) is 45.1 Å². The van der Waals surface area contributed by atoms with E-state index in [2.05, 4.69) is 17.4 Å². The maximum atomic E-state index is 13.2. The van der Waals surface area contributed by atoms with Gasteiger partial charge in [0.25, 0.3) is 0 Å². The van der Waals surface area contributed by atoms with E-state index in [-0.39, 0.29) is 11.3 Å². The fraction of sp³-hybridized carbons (Fsp3) is 0.458. The number of anilines is 1. The largest absolute Gasteiger partial charge is 0.381 e. The van der Waals surface area contributed by atoms with Crippen molar-refractivity contribution in [3.63, 3.8) is 0 Å². The number of rotatable bonds is 7. The van der Waals surface area contributed by atoms with Crippen LogP contribution in [0.3, 0.4) is 0 Å². The van der Waals surface area contributed by atoms with Crippen LogP contribution < -0.4 is 9.62 Å². The van der Waals surface area contributed by atoms with Crippen molar-refractivity contribution in [2.75, 3.05) is 30.3 Å². The third-order valence-corrected chi connectivity index (χ3v) is 7.36. The highest BCUT2D eigenvalue weighted by Gasteiger charge is 2.36. The van der Waals surface area contributed by atoms with Gasteiger partial charge in [0.2, 0.25) is 15.9 Å². The van der Waals surface area contributed by atoms with Gasteiger partial charge in [-0.2, -0.15) is 0 Å². The Morgan fingerprint density at radius 3 is 2.39 bits per heavy atom. The second-order valence-corrected chi connectivity index (χ2v) is 10.4. The van der Waals surface area contributed by atoms with Crippen LogP contribution in [0.25, 0.3) is 0 Å². The van der Waals surface area contributed by atoms with Crippen LogP contribution in [0.2, 0.25) is 0 Å². The predicted molar refractivity (Wildman–Crippen MR) is 124 cm³/mol. The van der Waals surface area contributed by atoms with Crippen molar-refractivity contribution in [3.05, 3.63) is 65.2 Å². The van der Waals surface area contributed by atoms with E-state index in [0.29, 0.717) is 25.4 Å². The average Bonchev–Trinajstić information content (AvgIpc) is 2.75. The van der Waals surface area contributed by atoms with E-state index in [1.54, 1.807) is 6.92 Å². The lowest BCUT2D eigenvalue weighted by atomic mass is 9.74. The minimum atomic E-state index is -3.66. The van der Waals surface area contributed by atoms with Gasteiger partial charge < -0.3 is 10.1 Å². The number of carbonyl (C=O) groups excluding carboxylic acids is 1. The molecule has 0 aromatic heterocycles. The van der Waals surface area contributed by atoms with Crippen molar-refractivity contribution >= 4 is 21.6 Å². The Hall–Kier alpha value is -2.38. The zero-order valence-corrected chi connectivity index (χ0v) is 19.5. The normalized spacial score (nSPS) is 17.0. The molecule has 0 radical (unpaired) electrons. The molecule has 168 valence electrons. The molecule has 0 saturated carbocycles. The number of hydrogen-bond donors (Lipinski definition) is 1. The van der Waals surface area contributed by atoms with Crippen molar-refractivity contribution in [3.8, 4) is 0 Å². The molecule has 0 aliphatic carbocycles. The Morgan fingerprint density at radius 2 is 1.77 bits per heavy atom. The van der Waals surface area contributed by atoms with Gasteiger partial charge in [-0.25, -0.2) is 8.42 Å². The number of ether oxygens (including phenoxy) is 1. The van der Waals surface area contributed by atoms with Gasteiger partial charge in [0.15, 0.2) is 0 Å². The van der Waals surface area contributed by atoms with E-state index in [1.165, 1.54) is 9.87 Å².